The maximum absolute atomic E-state index is 11.2. The molecule has 4 nitrogen and oxygen atoms in total. The number of unbranched alkanes of at least 4 members (excludes halogenated alkanes) is 2. The molecule has 4 heteroatoms. The van der Waals surface area contributed by atoms with Gasteiger partial charge in [-0.1, -0.05) is 56.5 Å². The lowest BCUT2D eigenvalue weighted by Crippen LogP contribution is -2.05. The van der Waals surface area contributed by atoms with Gasteiger partial charge in [0.1, 0.15) is 12.4 Å². The van der Waals surface area contributed by atoms with Gasteiger partial charge in [-0.3, -0.25) is 0 Å². The van der Waals surface area contributed by atoms with Gasteiger partial charge in [-0.05, 0) is 30.2 Å². The summed E-state index contributed by atoms with van der Waals surface area (Å²) in [7, 11) is 0. The summed E-state index contributed by atoms with van der Waals surface area (Å²) in [6.45, 7) is 2.31. The summed E-state index contributed by atoms with van der Waals surface area (Å²) in [5.74, 6) is -0.337. The van der Waals surface area contributed by atoms with Crippen molar-refractivity contribution in [1.82, 2.24) is 0 Å². The van der Waals surface area contributed by atoms with Crippen LogP contribution >= 0.6 is 0 Å². The van der Waals surface area contributed by atoms with Gasteiger partial charge in [-0.25, -0.2) is 4.79 Å². The Bertz CT molecular complexity index is 666. The molecule has 2 aromatic carbocycles. The molecule has 0 heterocycles. The van der Waals surface area contributed by atoms with Gasteiger partial charge >= 0.3 is 5.97 Å². The fourth-order valence-electron chi connectivity index (χ4n) is 2.58. The molecule has 0 fully saturated rings. The molecular weight excluding hydrogens is 304 g/mol. The highest BCUT2D eigenvalue weighted by Crippen LogP contribution is 2.24. The lowest BCUT2D eigenvalue weighted by Gasteiger charge is -2.13. The second-order valence-electron chi connectivity index (χ2n) is 5.84. The lowest BCUT2D eigenvalue weighted by molar-refractivity contribution is 0.0694. The van der Waals surface area contributed by atoms with E-state index >= 15 is 0 Å². The van der Waals surface area contributed by atoms with Crippen molar-refractivity contribution in [2.75, 3.05) is 0 Å². The molecule has 1 atom stereocenters. The van der Waals surface area contributed by atoms with E-state index in [1.807, 2.05) is 24.3 Å². The predicted molar refractivity (Wildman–Crippen MR) is 93.3 cm³/mol. The minimum absolute atomic E-state index is 0.178. The molecule has 2 N–H and O–H groups in total. The molecule has 0 aliphatic rings. The number of hydrogen-bond donors (Lipinski definition) is 2. The van der Waals surface area contributed by atoms with Crippen LogP contribution in [0.4, 0.5) is 0 Å². The van der Waals surface area contributed by atoms with Crippen molar-refractivity contribution in [2.45, 2.75) is 45.3 Å². The summed E-state index contributed by atoms with van der Waals surface area (Å²) in [5.41, 5.74) is 1.70. The largest absolute Gasteiger partial charge is 0.489 e. The standard InChI is InChI=1S/C20H24O4/c1-2-3-4-12-19(21)15-9-7-10-17(13-15)24-14-16-8-5-6-11-18(16)20(22)23/h5-11,13,19,21H,2-4,12,14H2,1H3,(H,22,23). The van der Waals surface area contributed by atoms with Crippen molar-refractivity contribution >= 4 is 5.97 Å². The number of carbonyl (C=O) groups is 1. The number of carboxylic acid groups (broad SMARTS) is 1. The third-order valence-corrected chi connectivity index (χ3v) is 3.97. The summed E-state index contributed by atoms with van der Waals surface area (Å²) >= 11 is 0. The van der Waals surface area contributed by atoms with Gasteiger partial charge < -0.3 is 14.9 Å². The van der Waals surface area contributed by atoms with Crippen LogP contribution in [0.25, 0.3) is 0 Å². The second-order valence-corrected chi connectivity index (χ2v) is 5.84. The van der Waals surface area contributed by atoms with Crippen LogP contribution in [-0.4, -0.2) is 16.2 Å². The van der Waals surface area contributed by atoms with Gasteiger partial charge in [0.25, 0.3) is 0 Å². The fourth-order valence-corrected chi connectivity index (χ4v) is 2.58. The minimum Gasteiger partial charge on any atom is -0.489 e. The summed E-state index contributed by atoms with van der Waals surface area (Å²) in [6.07, 6.45) is 3.47. The van der Waals surface area contributed by atoms with Crippen LogP contribution < -0.4 is 4.74 Å². The van der Waals surface area contributed by atoms with E-state index < -0.39 is 12.1 Å². The van der Waals surface area contributed by atoms with Crippen molar-refractivity contribution in [3.05, 3.63) is 65.2 Å². The third-order valence-electron chi connectivity index (χ3n) is 3.97. The SMILES string of the molecule is CCCCCC(O)c1cccc(OCc2ccccc2C(=O)O)c1. The van der Waals surface area contributed by atoms with Crippen LogP contribution in [-0.2, 0) is 6.61 Å². The Hall–Kier alpha value is -2.33. The molecule has 2 aromatic rings. The van der Waals surface area contributed by atoms with Crippen LogP contribution in [0.3, 0.4) is 0 Å². The van der Waals surface area contributed by atoms with E-state index in [2.05, 4.69) is 6.92 Å². The maximum Gasteiger partial charge on any atom is 0.336 e. The summed E-state index contributed by atoms with van der Waals surface area (Å²) in [5, 5.41) is 19.4. The highest BCUT2D eigenvalue weighted by molar-refractivity contribution is 5.89. The molecule has 24 heavy (non-hydrogen) atoms. The Morgan fingerprint density at radius 2 is 1.92 bits per heavy atom. The second kappa shape index (κ2) is 9.08. The van der Waals surface area contributed by atoms with E-state index in [4.69, 9.17) is 4.74 Å². The van der Waals surface area contributed by atoms with Gasteiger partial charge in [0, 0.05) is 5.56 Å². The van der Waals surface area contributed by atoms with E-state index in [1.54, 1.807) is 24.3 Å². The average Bonchev–Trinajstić information content (AvgIpc) is 2.60. The number of benzene rings is 2. The Morgan fingerprint density at radius 1 is 1.12 bits per heavy atom. The van der Waals surface area contributed by atoms with E-state index in [9.17, 15) is 15.0 Å². The molecule has 0 saturated carbocycles. The first-order chi connectivity index (χ1) is 11.6. The van der Waals surface area contributed by atoms with Crippen LogP contribution in [0.2, 0.25) is 0 Å². The van der Waals surface area contributed by atoms with Gasteiger partial charge in [-0.15, -0.1) is 0 Å². The zero-order valence-electron chi connectivity index (χ0n) is 13.9. The van der Waals surface area contributed by atoms with Crippen molar-refractivity contribution in [3.63, 3.8) is 0 Å². The van der Waals surface area contributed by atoms with Crippen LogP contribution in [0.1, 0.15) is 60.2 Å². The number of hydrogen-bond acceptors (Lipinski definition) is 3. The topological polar surface area (TPSA) is 66.8 Å². The average molecular weight is 328 g/mol. The molecule has 0 saturated heterocycles. The van der Waals surface area contributed by atoms with Crippen molar-refractivity contribution in [1.29, 1.82) is 0 Å². The first kappa shape index (κ1) is 18.0. The molecule has 0 radical (unpaired) electrons. The third kappa shape index (κ3) is 5.10. The number of carboxylic acids is 1. The molecule has 1 unspecified atom stereocenters. The molecule has 0 aliphatic carbocycles. The summed E-state index contributed by atoms with van der Waals surface area (Å²) in [4.78, 5) is 11.2. The predicted octanol–water partition coefficient (Wildman–Crippen LogP) is 4.58. The first-order valence-electron chi connectivity index (χ1n) is 8.34. The van der Waals surface area contributed by atoms with Gasteiger partial charge in [0.15, 0.2) is 0 Å². The Balaban J connectivity index is 2.01. The van der Waals surface area contributed by atoms with Gasteiger partial charge in [0.2, 0.25) is 0 Å². The molecule has 128 valence electrons. The zero-order valence-corrected chi connectivity index (χ0v) is 13.9. The zero-order chi connectivity index (χ0) is 17.4. The van der Waals surface area contributed by atoms with Crippen molar-refractivity contribution in [3.8, 4) is 5.75 Å². The fraction of sp³-hybridized carbons (Fsp3) is 0.350. The molecule has 2 rings (SSSR count). The van der Waals surface area contributed by atoms with Gasteiger partial charge in [-0.2, -0.15) is 0 Å². The van der Waals surface area contributed by atoms with Crippen LogP contribution in [0.15, 0.2) is 48.5 Å². The number of rotatable bonds is 9. The number of ether oxygens (including phenoxy) is 1. The number of aliphatic hydroxyl groups excluding tert-OH is 1. The molecule has 0 aliphatic heterocycles. The van der Waals surface area contributed by atoms with Crippen LogP contribution in [0.5, 0.6) is 5.75 Å². The number of aromatic carboxylic acids is 1. The molecule has 0 amide bonds. The highest BCUT2D eigenvalue weighted by Gasteiger charge is 2.11. The molecule has 0 aromatic heterocycles. The van der Waals surface area contributed by atoms with Crippen LogP contribution in [0, 0.1) is 0 Å². The highest BCUT2D eigenvalue weighted by atomic mass is 16.5. The first-order valence-corrected chi connectivity index (χ1v) is 8.34. The Labute approximate surface area is 142 Å². The summed E-state index contributed by atoms with van der Waals surface area (Å²) < 4.78 is 5.72. The van der Waals surface area contributed by atoms with Gasteiger partial charge in [0.05, 0.1) is 11.7 Å². The molecule has 0 spiro atoms. The lowest BCUT2D eigenvalue weighted by atomic mass is 10.0. The van der Waals surface area contributed by atoms with E-state index in [0.717, 1.165) is 31.2 Å². The van der Waals surface area contributed by atoms with Crippen molar-refractivity contribution in [2.24, 2.45) is 0 Å². The maximum atomic E-state index is 11.2. The van der Waals surface area contributed by atoms with E-state index in [0.29, 0.717) is 11.3 Å². The number of aliphatic hydroxyl groups is 1. The Morgan fingerprint density at radius 3 is 2.67 bits per heavy atom. The Kier molecular flexibility index (Phi) is 6.82. The quantitative estimate of drug-likeness (QED) is 0.661. The van der Waals surface area contributed by atoms with E-state index in [-0.39, 0.29) is 12.2 Å². The molecule has 0 bridgehead atoms. The normalized spacial score (nSPS) is 11.9. The smallest absolute Gasteiger partial charge is 0.336 e. The van der Waals surface area contributed by atoms with Crippen molar-refractivity contribution < 1.29 is 19.7 Å². The van der Waals surface area contributed by atoms with E-state index in [1.165, 1.54) is 0 Å². The summed E-state index contributed by atoms with van der Waals surface area (Å²) in [6, 6.07) is 14.2. The minimum atomic E-state index is -0.964. The molecular formula is C20H24O4. The monoisotopic (exact) mass is 328 g/mol.